The number of piperidine rings is 1. The third-order valence-corrected chi connectivity index (χ3v) is 6.31. The molecule has 0 aromatic carbocycles. The van der Waals surface area contributed by atoms with Crippen LogP contribution in [0.15, 0.2) is 11.1 Å². The molecule has 1 aliphatic rings. The number of rotatable bonds is 3. The summed E-state index contributed by atoms with van der Waals surface area (Å²) in [5.41, 5.74) is 0.603. The maximum Gasteiger partial charge on any atom is 0.246 e. The van der Waals surface area contributed by atoms with Gasteiger partial charge in [-0.25, -0.2) is 8.42 Å². The normalized spacial score (nSPS) is 21.1. The Bertz CT molecular complexity index is 504. The molecule has 1 unspecified atom stereocenters. The molecule has 1 atom stereocenters. The van der Waals surface area contributed by atoms with E-state index < -0.39 is 10.0 Å². The first-order valence-electron chi connectivity index (χ1n) is 6.07. The number of aryl methyl sites for hydroxylation is 1. The number of hydrogen-bond acceptors (Lipinski definition) is 3. The number of hydrogen-bond donors (Lipinski definition) is 1. The Morgan fingerprint density at radius 3 is 2.56 bits per heavy atom. The third-order valence-electron chi connectivity index (χ3n) is 3.55. The van der Waals surface area contributed by atoms with Gasteiger partial charge >= 0.3 is 0 Å². The summed E-state index contributed by atoms with van der Waals surface area (Å²) in [6, 6.07) is 0. The number of sulfonamides is 1. The fourth-order valence-corrected chi connectivity index (χ4v) is 4.43. The summed E-state index contributed by atoms with van der Waals surface area (Å²) in [6.45, 7) is 5.03. The molecular weight excluding hydrogens is 318 g/mol. The van der Waals surface area contributed by atoms with Crippen LogP contribution in [0.3, 0.4) is 0 Å². The monoisotopic (exact) mass is 335 g/mol. The van der Waals surface area contributed by atoms with E-state index >= 15 is 0 Å². The molecule has 102 valence electrons. The van der Waals surface area contributed by atoms with Gasteiger partial charge in [0.05, 0.1) is 11.9 Å². The Labute approximate surface area is 116 Å². The van der Waals surface area contributed by atoms with Crippen LogP contribution in [0.2, 0.25) is 0 Å². The van der Waals surface area contributed by atoms with E-state index in [0.717, 1.165) is 12.8 Å². The molecule has 0 spiro atoms. The highest BCUT2D eigenvalue weighted by Crippen LogP contribution is 2.28. The van der Waals surface area contributed by atoms with E-state index in [-0.39, 0.29) is 0 Å². The second kappa shape index (κ2) is 5.30. The fraction of sp³-hybridized carbons (Fsp3) is 0.727. The van der Waals surface area contributed by atoms with Crippen molar-refractivity contribution >= 4 is 26.0 Å². The SMILES string of the molecule is Cc1[nH]ncc1S(=O)(=O)N1CCC(C(C)Br)CC1. The van der Waals surface area contributed by atoms with Gasteiger partial charge in [0.1, 0.15) is 4.90 Å². The van der Waals surface area contributed by atoms with E-state index in [4.69, 9.17) is 0 Å². The summed E-state index contributed by atoms with van der Waals surface area (Å²) in [6.07, 6.45) is 3.20. The number of halogens is 1. The average molecular weight is 336 g/mol. The van der Waals surface area contributed by atoms with Crippen molar-refractivity contribution in [2.75, 3.05) is 13.1 Å². The standard InChI is InChI=1S/C11H18BrN3O2S/c1-8(12)10-3-5-15(6-4-10)18(16,17)11-7-13-14-9(11)2/h7-8,10H,3-6H2,1-2H3,(H,13,14). The van der Waals surface area contributed by atoms with E-state index in [1.807, 2.05) is 0 Å². The molecule has 1 fully saturated rings. The molecule has 0 bridgehead atoms. The number of aromatic amines is 1. The van der Waals surface area contributed by atoms with Crippen LogP contribution in [-0.2, 0) is 10.0 Å². The lowest BCUT2D eigenvalue weighted by Crippen LogP contribution is -2.40. The van der Waals surface area contributed by atoms with Gasteiger partial charge in [0, 0.05) is 17.9 Å². The smallest absolute Gasteiger partial charge is 0.246 e. The van der Waals surface area contributed by atoms with Crippen molar-refractivity contribution in [3.8, 4) is 0 Å². The van der Waals surface area contributed by atoms with Crippen LogP contribution in [0.1, 0.15) is 25.5 Å². The summed E-state index contributed by atoms with van der Waals surface area (Å²) in [5.74, 6) is 0.557. The highest BCUT2D eigenvalue weighted by molar-refractivity contribution is 9.09. The van der Waals surface area contributed by atoms with Crippen molar-refractivity contribution in [2.24, 2.45) is 5.92 Å². The highest BCUT2D eigenvalue weighted by Gasteiger charge is 2.32. The van der Waals surface area contributed by atoms with Gasteiger partial charge in [-0.15, -0.1) is 0 Å². The number of nitrogens with zero attached hydrogens (tertiary/aromatic N) is 2. The second-order valence-electron chi connectivity index (χ2n) is 4.78. The lowest BCUT2D eigenvalue weighted by molar-refractivity contribution is 0.274. The molecule has 2 rings (SSSR count). The molecule has 0 radical (unpaired) electrons. The van der Waals surface area contributed by atoms with Gasteiger partial charge in [0.15, 0.2) is 0 Å². The van der Waals surface area contributed by atoms with Gasteiger partial charge in [-0.05, 0) is 25.7 Å². The minimum atomic E-state index is -3.37. The minimum Gasteiger partial charge on any atom is -0.281 e. The lowest BCUT2D eigenvalue weighted by Gasteiger charge is -2.32. The fourth-order valence-electron chi connectivity index (χ4n) is 2.31. The van der Waals surface area contributed by atoms with Gasteiger partial charge in [0.2, 0.25) is 10.0 Å². The van der Waals surface area contributed by atoms with Crippen LogP contribution in [0.25, 0.3) is 0 Å². The minimum absolute atomic E-state index is 0.299. The van der Waals surface area contributed by atoms with E-state index in [1.165, 1.54) is 6.20 Å². The Morgan fingerprint density at radius 2 is 2.11 bits per heavy atom. The molecule has 1 aliphatic heterocycles. The second-order valence-corrected chi connectivity index (χ2v) is 8.13. The van der Waals surface area contributed by atoms with Gasteiger partial charge < -0.3 is 0 Å². The molecule has 1 aromatic rings. The summed E-state index contributed by atoms with van der Waals surface area (Å²) >= 11 is 3.57. The Kier molecular flexibility index (Phi) is 4.13. The van der Waals surface area contributed by atoms with Gasteiger partial charge in [-0.2, -0.15) is 9.40 Å². The predicted octanol–water partition coefficient (Wildman–Crippen LogP) is 1.90. The molecule has 0 aliphatic carbocycles. The average Bonchev–Trinajstić information content (AvgIpc) is 2.76. The van der Waals surface area contributed by atoms with Crippen molar-refractivity contribution in [2.45, 2.75) is 36.4 Å². The van der Waals surface area contributed by atoms with Gasteiger partial charge in [-0.3, -0.25) is 5.10 Å². The molecule has 1 N–H and O–H groups in total. The van der Waals surface area contributed by atoms with Crippen molar-refractivity contribution in [3.63, 3.8) is 0 Å². The molecule has 2 heterocycles. The zero-order chi connectivity index (χ0) is 13.3. The maximum atomic E-state index is 12.4. The predicted molar refractivity (Wildman–Crippen MR) is 73.2 cm³/mol. The summed E-state index contributed by atoms with van der Waals surface area (Å²) in [7, 11) is -3.37. The topological polar surface area (TPSA) is 66.1 Å². The van der Waals surface area contributed by atoms with E-state index in [1.54, 1.807) is 11.2 Å². The Balaban J connectivity index is 2.12. The molecule has 0 amide bonds. The molecule has 1 saturated heterocycles. The third kappa shape index (κ3) is 2.62. The van der Waals surface area contributed by atoms with Crippen molar-refractivity contribution in [3.05, 3.63) is 11.9 Å². The summed E-state index contributed by atoms with van der Waals surface area (Å²) in [4.78, 5) is 0.742. The molecule has 5 nitrogen and oxygen atoms in total. The maximum absolute atomic E-state index is 12.4. The van der Waals surface area contributed by atoms with Crippen molar-refractivity contribution in [1.82, 2.24) is 14.5 Å². The van der Waals surface area contributed by atoms with Crippen LogP contribution >= 0.6 is 15.9 Å². The first kappa shape index (κ1) is 14.0. The number of alkyl halides is 1. The van der Waals surface area contributed by atoms with E-state index in [9.17, 15) is 8.42 Å². The molecule has 1 aromatic heterocycles. The molecule has 0 saturated carbocycles. The number of aromatic nitrogens is 2. The van der Waals surface area contributed by atoms with Crippen LogP contribution in [-0.4, -0.2) is 40.8 Å². The van der Waals surface area contributed by atoms with Crippen LogP contribution in [0.4, 0.5) is 0 Å². The number of nitrogens with one attached hydrogen (secondary N) is 1. The quantitative estimate of drug-likeness (QED) is 0.858. The van der Waals surface area contributed by atoms with Gasteiger partial charge in [0.25, 0.3) is 0 Å². The van der Waals surface area contributed by atoms with Crippen molar-refractivity contribution in [1.29, 1.82) is 0 Å². The molecular formula is C11H18BrN3O2S. The van der Waals surface area contributed by atoms with Crippen LogP contribution in [0.5, 0.6) is 0 Å². The zero-order valence-electron chi connectivity index (χ0n) is 10.6. The van der Waals surface area contributed by atoms with E-state index in [0.29, 0.717) is 34.4 Å². The first-order chi connectivity index (χ1) is 8.43. The first-order valence-corrected chi connectivity index (χ1v) is 8.42. The summed E-state index contributed by atoms with van der Waals surface area (Å²) < 4.78 is 26.4. The van der Waals surface area contributed by atoms with Crippen LogP contribution in [0, 0.1) is 12.8 Å². The largest absolute Gasteiger partial charge is 0.281 e. The van der Waals surface area contributed by atoms with Crippen LogP contribution < -0.4 is 0 Å². The van der Waals surface area contributed by atoms with E-state index in [2.05, 4.69) is 33.1 Å². The summed E-state index contributed by atoms with van der Waals surface area (Å²) in [5, 5.41) is 6.47. The zero-order valence-corrected chi connectivity index (χ0v) is 13.0. The Morgan fingerprint density at radius 1 is 1.50 bits per heavy atom. The van der Waals surface area contributed by atoms with Crippen molar-refractivity contribution < 1.29 is 8.42 Å². The lowest BCUT2D eigenvalue weighted by atomic mass is 9.96. The van der Waals surface area contributed by atoms with Gasteiger partial charge in [-0.1, -0.05) is 22.9 Å². The molecule has 18 heavy (non-hydrogen) atoms. The number of H-pyrrole nitrogens is 1. The Hall–Kier alpha value is -0.400. The highest BCUT2D eigenvalue weighted by atomic mass is 79.9. The molecule has 7 heteroatoms.